The highest BCUT2D eigenvalue weighted by molar-refractivity contribution is 7.99. The molecule has 0 aliphatic carbocycles. The Bertz CT molecular complexity index is 1850. The van der Waals surface area contributed by atoms with Crippen LogP contribution in [0.4, 0.5) is 0 Å². The zero-order valence-corrected chi connectivity index (χ0v) is 25.5. The molecule has 0 saturated carbocycles. The number of nitrogens with zero attached hydrogens (tertiary/aromatic N) is 2. The molecule has 0 radical (unpaired) electrons. The van der Waals surface area contributed by atoms with E-state index in [1.54, 1.807) is 54.6 Å². The van der Waals surface area contributed by atoms with Gasteiger partial charge < -0.3 is 23.7 Å². The van der Waals surface area contributed by atoms with Gasteiger partial charge in [-0.05, 0) is 36.4 Å². The summed E-state index contributed by atoms with van der Waals surface area (Å²) in [6, 6.07) is 23.9. The molecule has 0 bridgehead atoms. The van der Waals surface area contributed by atoms with Crippen LogP contribution in [0, 0.1) is 0 Å². The Morgan fingerprint density at radius 2 is 1.30 bits per heavy atom. The van der Waals surface area contributed by atoms with Crippen molar-refractivity contribution in [3.8, 4) is 0 Å². The molecule has 0 amide bonds. The van der Waals surface area contributed by atoms with Gasteiger partial charge in [-0.2, -0.15) is 9.78 Å². The van der Waals surface area contributed by atoms with Gasteiger partial charge in [0.1, 0.15) is 12.7 Å². The maximum Gasteiger partial charge on any atom is 0.347 e. The lowest BCUT2D eigenvalue weighted by atomic mass is 10.1. The van der Waals surface area contributed by atoms with E-state index >= 15 is 0 Å². The molecule has 1 N–H and O–H groups in total. The molecule has 5 rings (SSSR count). The molecule has 1 aliphatic heterocycles. The highest BCUT2D eigenvalue weighted by Crippen LogP contribution is 2.34. The summed E-state index contributed by atoms with van der Waals surface area (Å²) in [5.74, 6) is -3.36. The minimum Gasteiger partial charge on any atom is -0.468 e. The van der Waals surface area contributed by atoms with Crippen molar-refractivity contribution < 1.29 is 42.9 Å². The number of hydrogen-bond donors (Lipinski definition) is 1. The molecule has 2 heterocycles. The van der Waals surface area contributed by atoms with Crippen LogP contribution in [0.2, 0.25) is 0 Å². The van der Waals surface area contributed by atoms with E-state index in [2.05, 4.69) is 14.8 Å². The van der Waals surface area contributed by atoms with E-state index < -0.39 is 66.3 Å². The van der Waals surface area contributed by atoms with E-state index in [-0.39, 0.29) is 27.5 Å². The summed E-state index contributed by atoms with van der Waals surface area (Å²) < 4.78 is 28.5. The fraction of sp³-hybridized carbons (Fsp3) is 0.219. The maximum atomic E-state index is 13.3. The molecule has 242 valence electrons. The van der Waals surface area contributed by atoms with Crippen LogP contribution in [0.5, 0.6) is 0 Å². The summed E-state index contributed by atoms with van der Waals surface area (Å²) in [4.78, 5) is 78.9. The van der Waals surface area contributed by atoms with Crippen molar-refractivity contribution in [2.75, 3.05) is 19.5 Å². The Morgan fingerprint density at radius 1 is 0.787 bits per heavy atom. The molecule has 1 saturated heterocycles. The molecular weight excluding hydrogens is 634 g/mol. The van der Waals surface area contributed by atoms with Crippen LogP contribution in [0.25, 0.3) is 0 Å². The Hall–Kier alpha value is -5.54. The minimum atomic E-state index is -1.60. The number of thioether (sulfide) groups is 1. The molecule has 4 atom stereocenters. The summed E-state index contributed by atoms with van der Waals surface area (Å²) in [7, 11) is 1.17. The third-order valence-corrected chi connectivity index (χ3v) is 7.72. The van der Waals surface area contributed by atoms with Gasteiger partial charge in [-0.15, -0.1) is 0 Å². The van der Waals surface area contributed by atoms with Crippen molar-refractivity contribution in [2.45, 2.75) is 29.6 Å². The average Bonchev–Trinajstić information content (AvgIpc) is 3.43. The third-order valence-electron chi connectivity index (χ3n) is 6.80. The summed E-state index contributed by atoms with van der Waals surface area (Å²) in [5, 5.41) is 3.79. The zero-order valence-electron chi connectivity index (χ0n) is 24.7. The van der Waals surface area contributed by atoms with Crippen molar-refractivity contribution in [2.24, 2.45) is 0 Å². The predicted molar refractivity (Wildman–Crippen MR) is 164 cm³/mol. The highest BCUT2D eigenvalue weighted by atomic mass is 32.2. The number of rotatable bonds is 11. The van der Waals surface area contributed by atoms with Crippen molar-refractivity contribution >= 4 is 35.6 Å². The second-order valence-electron chi connectivity index (χ2n) is 9.88. The molecule has 4 unspecified atom stereocenters. The maximum absolute atomic E-state index is 13.3. The number of benzene rings is 3. The van der Waals surface area contributed by atoms with E-state index in [9.17, 15) is 28.8 Å². The van der Waals surface area contributed by atoms with Crippen LogP contribution in [0.1, 0.15) is 37.3 Å². The first-order valence-electron chi connectivity index (χ1n) is 14.1. The predicted octanol–water partition coefficient (Wildman–Crippen LogP) is 2.40. The van der Waals surface area contributed by atoms with E-state index in [0.717, 1.165) is 0 Å². The van der Waals surface area contributed by atoms with Crippen LogP contribution in [0.3, 0.4) is 0 Å². The van der Waals surface area contributed by atoms with Crippen molar-refractivity contribution in [3.63, 3.8) is 0 Å². The average molecular weight is 662 g/mol. The van der Waals surface area contributed by atoms with Gasteiger partial charge in [-0.25, -0.2) is 19.2 Å². The van der Waals surface area contributed by atoms with E-state index in [4.69, 9.17) is 18.9 Å². The van der Waals surface area contributed by atoms with Crippen molar-refractivity contribution in [1.82, 2.24) is 14.8 Å². The standard InChI is InChI=1S/C32H27N3O11S/c1-42-23(36)18-47-27-26(37)33-32(41)35(34-27)28-25(46-31(40)21-15-9-4-10-16-21)24(45-30(39)20-13-7-3-8-14-20)22(44-28)17-43-29(38)19-11-5-2-6-12-19/h2-16,22,24-25,28H,17-18H2,1H3,(H,33,37,41). The molecule has 1 aromatic heterocycles. The number of hydrogen-bond acceptors (Lipinski definition) is 13. The number of carbonyl (C=O) groups excluding carboxylic acids is 4. The fourth-order valence-corrected chi connectivity index (χ4v) is 5.20. The van der Waals surface area contributed by atoms with Gasteiger partial charge in [-0.1, -0.05) is 66.4 Å². The summed E-state index contributed by atoms with van der Waals surface area (Å²) >= 11 is 0.688. The lowest BCUT2D eigenvalue weighted by molar-refractivity contribution is -0.137. The largest absolute Gasteiger partial charge is 0.468 e. The Kier molecular flexibility index (Phi) is 10.6. The Morgan fingerprint density at radius 3 is 1.83 bits per heavy atom. The van der Waals surface area contributed by atoms with E-state index in [0.29, 0.717) is 16.4 Å². The van der Waals surface area contributed by atoms with Crippen LogP contribution < -0.4 is 11.2 Å². The quantitative estimate of drug-likeness (QED) is 0.141. The number of nitrogens with one attached hydrogen (secondary N) is 1. The number of aromatic nitrogens is 3. The summed E-state index contributed by atoms with van der Waals surface area (Å²) in [6.07, 6.45) is -5.89. The molecule has 1 aliphatic rings. The van der Waals surface area contributed by atoms with Crippen LogP contribution in [0.15, 0.2) is 106 Å². The molecule has 14 nitrogen and oxygen atoms in total. The fourth-order valence-electron chi connectivity index (χ4n) is 4.50. The highest BCUT2D eigenvalue weighted by Gasteiger charge is 2.52. The normalized spacial score (nSPS) is 18.6. The Balaban J connectivity index is 1.53. The van der Waals surface area contributed by atoms with Crippen LogP contribution in [-0.4, -0.2) is 76.4 Å². The first-order valence-corrected chi connectivity index (χ1v) is 15.1. The molecule has 47 heavy (non-hydrogen) atoms. The van der Waals surface area contributed by atoms with Gasteiger partial charge in [0, 0.05) is 0 Å². The monoisotopic (exact) mass is 661 g/mol. The summed E-state index contributed by atoms with van der Waals surface area (Å²) in [5.41, 5.74) is -1.42. The molecule has 1 fully saturated rings. The van der Waals surface area contributed by atoms with Gasteiger partial charge in [0.15, 0.2) is 23.5 Å². The van der Waals surface area contributed by atoms with Gasteiger partial charge in [-0.3, -0.25) is 14.6 Å². The number of ether oxygens (including phenoxy) is 5. The van der Waals surface area contributed by atoms with Crippen LogP contribution >= 0.6 is 11.8 Å². The summed E-state index contributed by atoms with van der Waals surface area (Å²) in [6.45, 7) is -0.502. The van der Waals surface area contributed by atoms with E-state index in [1.165, 1.54) is 43.5 Å². The third kappa shape index (κ3) is 8.01. The van der Waals surface area contributed by atoms with Gasteiger partial charge in [0.25, 0.3) is 5.56 Å². The topological polar surface area (TPSA) is 182 Å². The molecule has 15 heteroatoms. The second kappa shape index (κ2) is 15.2. The van der Waals surface area contributed by atoms with Crippen LogP contribution in [-0.2, 0) is 28.5 Å². The number of esters is 4. The van der Waals surface area contributed by atoms with Gasteiger partial charge in [0.2, 0.25) is 0 Å². The lowest BCUT2D eigenvalue weighted by Crippen LogP contribution is -2.44. The van der Waals surface area contributed by atoms with E-state index in [1.807, 2.05) is 0 Å². The molecule has 0 spiro atoms. The smallest absolute Gasteiger partial charge is 0.347 e. The zero-order chi connectivity index (χ0) is 33.3. The van der Waals surface area contributed by atoms with Crippen molar-refractivity contribution in [3.05, 3.63) is 129 Å². The Labute approximate surface area is 270 Å². The number of carbonyl (C=O) groups is 4. The van der Waals surface area contributed by atoms with Gasteiger partial charge >= 0.3 is 29.6 Å². The number of aromatic amines is 1. The van der Waals surface area contributed by atoms with Gasteiger partial charge in [0.05, 0.1) is 29.6 Å². The molecule has 4 aromatic rings. The minimum absolute atomic E-state index is 0.134. The first kappa shape index (κ1) is 32.8. The lowest BCUT2D eigenvalue weighted by Gasteiger charge is -2.24. The number of H-pyrrole nitrogens is 1. The number of methoxy groups -OCH3 is 1. The molecular formula is C32H27N3O11S. The second-order valence-corrected chi connectivity index (χ2v) is 10.8. The van der Waals surface area contributed by atoms with Crippen molar-refractivity contribution in [1.29, 1.82) is 0 Å². The first-order chi connectivity index (χ1) is 22.7. The SMILES string of the molecule is COC(=O)CSc1nn(C2OC(COC(=O)c3ccccc3)C(OC(=O)c3ccccc3)C2OC(=O)c2ccccc2)c(=O)[nH]c1=O. The molecule has 3 aromatic carbocycles.